The summed E-state index contributed by atoms with van der Waals surface area (Å²) >= 11 is 0. The summed E-state index contributed by atoms with van der Waals surface area (Å²) in [4.78, 5) is 16.2. The summed E-state index contributed by atoms with van der Waals surface area (Å²) in [5.41, 5.74) is 0. The molecule has 2 rings (SSSR count). The second-order valence-electron chi connectivity index (χ2n) is 4.78. The zero-order valence-electron chi connectivity index (χ0n) is 10.1. The number of hydrogen-bond donors (Lipinski definition) is 1. The van der Waals surface area contributed by atoms with E-state index >= 15 is 0 Å². The first-order valence-corrected chi connectivity index (χ1v) is 5.87. The van der Waals surface area contributed by atoms with Crippen LogP contribution < -0.4 is 5.32 Å². The van der Waals surface area contributed by atoms with Gasteiger partial charge in [0.2, 0.25) is 5.91 Å². The summed E-state index contributed by atoms with van der Waals surface area (Å²) in [5.74, 6) is 0.288. The highest BCUT2D eigenvalue weighted by atomic mass is 35.5. The number of carbonyl (C=O) groups excluding carboxylic acids is 1. The van der Waals surface area contributed by atoms with Gasteiger partial charge in [0.15, 0.2) is 0 Å². The van der Waals surface area contributed by atoms with Crippen LogP contribution in [0.4, 0.5) is 0 Å². The molecule has 2 fully saturated rings. The predicted molar refractivity (Wildman–Crippen MR) is 66.9 cm³/mol. The lowest BCUT2D eigenvalue weighted by Gasteiger charge is -2.38. The molecule has 0 radical (unpaired) electrons. The van der Waals surface area contributed by atoms with Crippen molar-refractivity contribution < 1.29 is 4.79 Å². The number of likely N-dealkylation sites (tertiary alicyclic amines) is 1. The number of hydrogen-bond acceptors (Lipinski definition) is 3. The van der Waals surface area contributed by atoms with Gasteiger partial charge in [-0.1, -0.05) is 0 Å². The minimum atomic E-state index is 0. The molecule has 1 atom stereocenters. The molecule has 0 saturated carbocycles. The smallest absolute Gasteiger partial charge is 0.239 e. The number of carbonyl (C=O) groups is 1. The van der Waals surface area contributed by atoms with Crippen LogP contribution in [-0.2, 0) is 4.79 Å². The van der Waals surface area contributed by atoms with E-state index in [9.17, 15) is 4.79 Å². The van der Waals surface area contributed by atoms with E-state index in [4.69, 9.17) is 0 Å². The second-order valence-corrected chi connectivity index (χ2v) is 4.78. The van der Waals surface area contributed by atoms with E-state index < -0.39 is 0 Å². The minimum absolute atomic E-state index is 0. The molecule has 1 amide bonds. The first kappa shape index (κ1) is 13.7. The van der Waals surface area contributed by atoms with Crippen molar-refractivity contribution in [2.45, 2.75) is 31.3 Å². The molecule has 4 nitrogen and oxygen atoms in total. The van der Waals surface area contributed by atoms with Gasteiger partial charge in [-0.2, -0.15) is 0 Å². The summed E-state index contributed by atoms with van der Waals surface area (Å²) in [6.45, 7) is 3.22. The molecule has 16 heavy (non-hydrogen) atoms. The molecule has 2 aliphatic rings. The van der Waals surface area contributed by atoms with E-state index in [0.717, 1.165) is 38.9 Å². The lowest BCUT2D eigenvalue weighted by Crippen LogP contribution is -2.56. The highest BCUT2D eigenvalue weighted by Gasteiger charge is 2.31. The molecule has 2 aliphatic heterocycles. The maximum atomic E-state index is 12.0. The van der Waals surface area contributed by atoms with Crippen LogP contribution in [0.1, 0.15) is 19.3 Å². The van der Waals surface area contributed by atoms with Crippen LogP contribution in [0.25, 0.3) is 0 Å². The third-order valence-corrected chi connectivity index (χ3v) is 3.71. The van der Waals surface area contributed by atoms with Crippen LogP contribution >= 0.6 is 12.4 Å². The SMILES string of the molecule is CN1CCC(N(C)C(=O)[C@H]2CCN2)CC1.Cl. The van der Waals surface area contributed by atoms with Gasteiger partial charge in [0.1, 0.15) is 0 Å². The van der Waals surface area contributed by atoms with Crippen molar-refractivity contribution in [2.75, 3.05) is 33.7 Å². The zero-order chi connectivity index (χ0) is 10.8. The molecule has 0 aromatic rings. The molecular formula is C11H22ClN3O. The number of amides is 1. The van der Waals surface area contributed by atoms with Crippen molar-refractivity contribution in [1.82, 2.24) is 15.1 Å². The number of nitrogens with zero attached hydrogens (tertiary/aromatic N) is 2. The Bertz CT molecular complexity index is 237. The Morgan fingerprint density at radius 1 is 1.31 bits per heavy atom. The molecule has 2 saturated heterocycles. The van der Waals surface area contributed by atoms with Gasteiger partial charge in [-0.3, -0.25) is 4.79 Å². The van der Waals surface area contributed by atoms with E-state index in [1.807, 2.05) is 11.9 Å². The molecule has 0 aliphatic carbocycles. The molecule has 5 heteroatoms. The lowest BCUT2D eigenvalue weighted by molar-refractivity contribution is -0.136. The van der Waals surface area contributed by atoms with Gasteiger partial charge >= 0.3 is 0 Å². The van der Waals surface area contributed by atoms with Gasteiger partial charge in [-0.25, -0.2) is 0 Å². The van der Waals surface area contributed by atoms with Crippen LogP contribution in [0.5, 0.6) is 0 Å². The third-order valence-electron chi connectivity index (χ3n) is 3.71. The molecule has 2 heterocycles. The number of nitrogens with one attached hydrogen (secondary N) is 1. The molecule has 0 aromatic heterocycles. The van der Waals surface area contributed by atoms with E-state index in [1.54, 1.807) is 0 Å². The monoisotopic (exact) mass is 247 g/mol. The largest absolute Gasteiger partial charge is 0.341 e. The second kappa shape index (κ2) is 5.84. The summed E-state index contributed by atoms with van der Waals surface area (Å²) < 4.78 is 0. The van der Waals surface area contributed by atoms with Crippen LogP contribution in [-0.4, -0.2) is 61.5 Å². The Kier molecular flexibility index (Phi) is 5.02. The highest BCUT2D eigenvalue weighted by Crippen LogP contribution is 2.16. The van der Waals surface area contributed by atoms with Crippen molar-refractivity contribution in [2.24, 2.45) is 0 Å². The Morgan fingerprint density at radius 2 is 1.88 bits per heavy atom. The molecule has 94 valence electrons. The van der Waals surface area contributed by atoms with Crippen LogP contribution in [0.3, 0.4) is 0 Å². The van der Waals surface area contributed by atoms with Gasteiger partial charge in [0.05, 0.1) is 6.04 Å². The standard InChI is InChI=1S/C11H21N3O.ClH/c1-13-7-4-9(5-8-13)14(2)11(15)10-3-6-12-10;/h9-10,12H,3-8H2,1-2H3;1H/t10-;/m1./s1. The first-order chi connectivity index (χ1) is 7.18. The van der Waals surface area contributed by atoms with E-state index in [-0.39, 0.29) is 24.4 Å². The van der Waals surface area contributed by atoms with Crippen LogP contribution in [0.15, 0.2) is 0 Å². The summed E-state index contributed by atoms with van der Waals surface area (Å²) in [6, 6.07) is 0.561. The van der Waals surface area contributed by atoms with Crippen molar-refractivity contribution in [3.63, 3.8) is 0 Å². The topological polar surface area (TPSA) is 35.6 Å². The van der Waals surface area contributed by atoms with Crippen molar-refractivity contribution >= 4 is 18.3 Å². The van der Waals surface area contributed by atoms with Gasteiger partial charge in [-0.05, 0) is 45.9 Å². The van der Waals surface area contributed by atoms with Crippen molar-refractivity contribution in [3.05, 3.63) is 0 Å². The summed E-state index contributed by atoms with van der Waals surface area (Å²) in [5, 5.41) is 3.17. The molecule has 0 spiro atoms. The molecule has 0 unspecified atom stereocenters. The van der Waals surface area contributed by atoms with Gasteiger partial charge in [-0.15, -0.1) is 12.4 Å². The van der Waals surface area contributed by atoms with Gasteiger partial charge in [0.25, 0.3) is 0 Å². The van der Waals surface area contributed by atoms with E-state index in [1.165, 1.54) is 0 Å². The average molecular weight is 248 g/mol. The maximum absolute atomic E-state index is 12.0. The third kappa shape index (κ3) is 2.87. The fourth-order valence-corrected chi connectivity index (χ4v) is 2.31. The maximum Gasteiger partial charge on any atom is 0.239 e. The fraction of sp³-hybridized carbons (Fsp3) is 0.909. The van der Waals surface area contributed by atoms with Crippen molar-refractivity contribution in [1.29, 1.82) is 0 Å². The number of piperidine rings is 1. The molecular weight excluding hydrogens is 226 g/mol. The minimum Gasteiger partial charge on any atom is -0.341 e. The normalized spacial score (nSPS) is 26.8. The number of likely N-dealkylation sites (N-methyl/N-ethyl adjacent to an activating group) is 1. The zero-order valence-corrected chi connectivity index (χ0v) is 10.9. The van der Waals surface area contributed by atoms with E-state index in [2.05, 4.69) is 17.3 Å². The average Bonchev–Trinajstić information content (AvgIpc) is 2.15. The quantitative estimate of drug-likeness (QED) is 0.764. The lowest BCUT2D eigenvalue weighted by atomic mass is 10.0. The van der Waals surface area contributed by atoms with Crippen LogP contribution in [0.2, 0.25) is 0 Å². The Balaban J connectivity index is 0.00000128. The van der Waals surface area contributed by atoms with E-state index in [0.29, 0.717) is 6.04 Å². The van der Waals surface area contributed by atoms with Crippen molar-refractivity contribution in [3.8, 4) is 0 Å². The highest BCUT2D eigenvalue weighted by molar-refractivity contribution is 5.85. The summed E-state index contributed by atoms with van der Waals surface area (Å²) in [7, 11) is 4.10. The van der Waals surface area contributed by atoms with Gasteiger partial charge in [0, 0.05) is 13.1 Å². The number of rotatable bonds is 2. The molecule has 0 aromatic carbocycles. The summed E-state index contributed by atoms with van der Waals surface area (Å²) in [6.07, 6.45) is 3.24. The fourth-order valence-electron chi connectivity index (χ4n) is 2.31. The molecule has 0 bridgehead atoms. The van der Waals surface area contributed by atoms with Crippen LogP contribution in [0, 0.1) is 0 Å². The Morgan fingerprint density at radius 3 is 2.31 bits per heavy atom. The Hall–Kier alpha value is -0.320. The predicted octanol–water partition coefficient (Wildman–Crippen LogP) is 0.323. The number of halogens is 1. The molecule has 1 N–H and O–H groups in total. The van der Waals surface area contributed by atoms with Gasteiger partial charge < -0.3 is 15.1 Å². The first-order valence-electron chi connectivity index (χ1n) is 5.87. The Labute approximate surface area is 104 Å².